The predicted octanol–water partition coefficient (Wildman–Crippen LogP) is 2.21. The Labute approximate surface area is 201 Å². The van der Waals surface area contributed by atoms with Crippen LogP contribution in [-0.4, -0.2) is 51.8 Å². The predicted molar refractivity (Wildman–Crippen MR) is 128 cm³/mol. The molecule has 1 atom stereocenters. The van der Waals surface area contributed by atoms with Crippen molar-refractivity contribution >= 4 is 34.4 Å². The molecule has 2 amide bonds. The molecule has 0 radical (unpaired) electrons. The molecule has 35 heavy (non-hydrogen) atoms. The molecule has 1 saturated heterocycles. The largest absolute Gasteiger partial charge is 0.495 e. The summed E-state index contributed by atoms with van der Waals surface area (Å²) in [5.74, 6) is 1.36. The molecule has 3 aromatic heterocycles. The number of aromatic nitrogens is 4. The highest BCUT2D eigenvalue weighted by atomic mass is 16.5. The third-order valence-electron chi connectivity index (χ3n) is 5.94. The fourth-order valence-corrected chi connectivity index (χ4v) is 4.18. The number of para-hydroxylation sites is 2. The number of nitrogens with one attached hydrogen (secondary N) is 2. The number of methoxy groups -OCH3 is 1. The van der Waals surface area contributed by atoms with E-state index in [1.165, 1.54) is 6.33 Å². The molecule has 1 aliphatic rings. The van der Waals surface area contributed by atoms with E-state index in [-0.39, 0.29) is 18.2 Å². The maximum Gasteiger partial charge on any atom is 0.227 e. The average Bonchev–Trinajstić information content (AvgIpc) is 3.63. The highest BCUT2D eigenvalue weighted by molar-refractivity contribution is 6.01. The van der Waals surface area contributed by atoms with Gasteiger partial charge in [-0.15, -0.1) is 0 Å². The van der Waals surface area contributed by atoms with Gasteiger partial charge in [0.1, 0.15) is 23.7 Å². The van der Waals surface area contributed by atoms with E-state index >= 15 is 0 Å². The molecule has 4 aromatic rings. The summed E-state index contributed by atoms with van der Waals surface area (Å²) in [4.78, 5) is 35.6. The minimum absolute atomic E-state index is 0.0981. The first-order valence-corrected chi connectivity index (χ1v) is 11.3. The Balaban J connectivity index is 1.18. The summed E-state index contributed by atoms with van der Waals surface area (Å²) in [6.45, 7) is 1.59. The number of furan rings is 1. The van der Waals surface area contributed by atoms with Crippen molar-refractivity contribution in [3.05, 3.63) is 60.9 Å². The van der Waals surface area contributed by atoms with Gasteiger partial charge in [0.15, 0.2) is 5.65 Å². The van der Waals surface area contributed by atoms with Crippen LogP contribution in [-0.2, 0) is 22.7 Å². The molecular formula is C24H25N7O4. The van der Waals surface area contributed by atoms with Gasteiger partial charge in [0, 0.05) is 19.5 Å². The van der Waals surface area contributed by atoms with Crippen molar-refractivity contribution < 1.29 is 18.7 Å². The van der Waals surface area contributed by atoms with Gasteiger partial charge < -0.3 is 24.7 Å². The summed E-state index contributed by atoms with van der Waals surface area (Å²) < 4.78 is 12.4. The van der Waals surface area contributed by atoms with E-state index < -0.39 is 5.92 Å². The highest BCUT2D eigenvalue weighted by Crippen LogP contribution is 2.32. The number of nitrogens with zero attached hydrogens (tertiary/aromatic N) is 5. The number of hydrogen-bond acceptors (Lipinski definition) is 8. The molecule has 1 fully saturated rings. The number of hydrogen-bond donors (Lipinski definition) is 2. The van der Waals surface area contributed by atoms with Gasteiger partial charge in [0.25, 0.3) is 0 Å². The molecule has 0 saturated carbocycles. The van der Waals surface area contributed by atoms with Crippen LogP contribution in [0.5, 0.6) is 5.75 Å². The van der Waals surface area contributed by atoms with Crippen LogP contribution in [0.2, 0.25) is 0 Å². The molecule has 1 unspecified atom stereocenters. The third-order valence-corrected chi connectivity index (χ3v) is 5.94. The van der Waals surface area contributed by atoms with Crippen LogP contribution < -0.4 is 20.3 Å². The second kappa shape index (κ2) is 9.84. The first kappa shape index (κ1) is 22.4. The fraction of sp³-hybridized carbons (Fsp3) is 0.292. The summed E-state index contributed by atoms with van der Waals surface area (Å²) in [5.41, 5.74) is 1.34. The summed E-state index contributed by atoms with van der Waals surface area (Å²) in [6, 6.07) is 11.0. The fourth-order valence-electron chi connectivity index (χ4n) is 4.18. The van der Waals surface area contributed by atoms with E-state index in [0.717, 1.165) is 11.1 Å². The van der Waals surface area contributed by atoms with Gasteiger partial charge in [-0.25, -0.2) is 14.6 Å². The molecule has 0 spiro atoms. The number of rotatable bonds is 9. The Morgan fingerprint density at radius 1 is 1.23 bits per heavy atom. The van der Waals surface area contributed by atoms with Crippen LogP contribution >= 0.6 is 0 Å². The second-order valence-corrected chi connectivity index (χ2v) is 8.13. The summed E-state index contributed by atoms with van der Waals surface area (Å²) in [6.07, 6.45) is 4.95. The van der Waals surface area contributed by atoms with E-state index in [1.807, 2.05) is 30.3 Å². The lowest BCUT2D eigenvalue weighted by Crippen LogP contribution is -2.35. The summed E-state index contributed by atoms with van der Waals surface area (Å²) in [5, 5.41) is 11.3. The Morgan fingerprint density at radius 3 is 2.94 bits per heavy atom. The molecule has 11 nitrogen and oxygen atoms in total. The molecule has 11 heteroatoms. The van der Waals surface area contributed by atoms with Gasteiger partial charge in [-0.1, -0.05) is 12.1 Å². The van der Waals surface area contributed by atoms with Crippen LogP contribution in [0.15, 0.2) is 59.6 Å². The lowest BCUT2D eigenvalue weighted by atomic mass is 10.1. The topological polar surface area (TPSA) is 127 Å². The van der Waals surface area contributed by atoms with Gasteiger partial charge in [-0.2, -0.15) is 5.10 Å². The minimum atomic E-state index is -0.429. The lowest BCUT2D eigenvalue weighted by Gasteiger charge is -2.19. The van der Waals surface area contributed by atoms with Gasteiger partial charge in [0.05, 0.1) is 49.7 Å². The van der Waals surface area contributed by atoms with Crippen LogP contribution in [0.1, 0.15) is 12.2 Å². The van der Waals surface area contributed by atoms with Crippen molar-refractivity contribution in [1.82, 2.24) is 25.1 Å². The summed E-state index contributed by atoms with van der Waals surface area (Å²) in [7, 11) is 1.56. The van der Waals surface area contributed by atoms with Gasteiger partial charge >= 0.3 is 0 Å². The van der Waals surface area contributed by atoms with Crippen LogP contribution in [0.3, 0.4) is 0 Å². The Bertz CT molecular complexity index is 1330. The van der Waals surface area contributed by atoms with Crippen molar-refractivity contribution in [2.45, 2.75) is 19.5 Å². The Hall–Kier alpha value is -4.41. The number of amides is 2. The van der Waals surface area contributed by atoms with Crippen molar-refractivity contribution in [2.75, 3.05) is 30.4 Å². The summed E-state index contributed by atoms with van der Waals surface area (Å²) >= 11 is 0. The standard InChI is InChI=1S/C24H25N7O4/c1-34-20-7-3-2-6-19(20)30-14-16(11-21(30)32)24(33)25-8-9-31-23-18(13-29-31)22(27-15-28-23)26-12-17-5-4-10-35-17/h2-7,10,13,15-16H,8-9,11-12,14H2,1H3,(H,25,33)(H,26,27,28). The van der Waals surface area contributed by atoms with Crippen molar-refractivity contribution in [3.63, 3.8) is 0 Å². The number of ether oxygens (including phenoxy) is 1. The first-order valence-electron chi connectivity index (χ1n) is 11.3. The van der Waals surface area contributed by atoms with Gasteiger partial charge in [-0.05, 0) is 24.3 Å². The average molecular weight is 476 g/mol. The zero-order chi connectivity index (χ0) is 24.2. The first-order chi connectivity index (χ1) is 17.1. The Morgan fingerprint density at radius 2 is 2.11 bits per heavy atom. The molecular weight excluding hydrogens is 450 g/mol. The van der Waals surface area contributed by atoms with Crippen LogP contribution in [0.25, 0.3) is 11.0 Å². The van der Waals surface area contributed by atoms with Crippen LogP contribution in [0, 0.1) is 5.92 Å². The van der Waals surface area contributed by atoms with E-state index in [1.54, 1.807) is 35.2 Å². The lowest BCUT2D eigenvalue weighted by molar-refractivity contribution is -0.126. The maximum absolute atomic E-state index is 12.8. The van der Waals surface area contributed by atoms with E-state index in [0.29, 0.717) is 49.1 Å². The zero-order valence-electron chi connectivity index (χ0n) is 19.2. The molecule has 2 N–H and O–H groups in total. The number of carbonyl (C=O) groups excluding carboxylic acids is 2. The number of fused-ring (bicyclic) bond motifs is 1. The highest BCUT2D eigenvalue weighted by Gasteiger charge is 2.36. The third kappa shape index (κ3) is 4.65. The quantitative estimate of drug-likeness (QED) is 0.377. The second-order valence-electron chi connectivity index (χ2n) is 8.13. The number of anilines is 2. The molecule has 180 valence electrons. The minimum Gasteiger partial charge on any atom is -0.495 e. The monoisotopic (exact) mass is 475 g/mol. The molecule has 5 rings (SSSR count). The molecule has 1 aromatic carbocycles. The Kier molecular flexibility index (Phi) is 6.29. The smallest absolute Gasteiger partial charge is 0.227 e. The van der Waals surface area contributed by atoms with Gasteiger partial charge in [-0.3, -0.25) is 9.59 Å². The van der Waals surface area contributed by atoms with E-state index in [9.17, 15) is 9.59 Å². The van der Waals surface area contributed by atoms with Crippen molar-refractivity contribution in [2.24, 2.45) is 5.92 Å². The maximum atomic E-state index is 12.8. The molecule has 1 aliphatic heterocycles. The van der Waals surface area contributed by atoms with Crippen molar-refractivity contribution in [3.8, 4) is 5.75 Å². The normalized spacial score (nSPS) is 15.5. The van der Waals surface area contributed by atoms with E-state index in [4.69, 9.17) is 9.15 Å². The van der Waals surface area contributed by atoms with E-state index in [2.05, 4.69) is 25.7 Å². The molecule has 0 aliphatic carbocycles. The molecule has 4 heterocycles. The number of benzene rings is 1. The van der Waals surface area contributed by atoms with Crippen LogP contribution in [0.4, 0.5) is 11.5 Å². The zero-order valence-corrected chi connectivity index (χ0v) is 19.2. The SMILES string of the molecule is COc1ccccc1N1CC(C(=O)NCCn2ncc3c(NCc4ccco4)ncnc32)CC1=O. The number of carbonyl (C=O) groups is 2. The molecule has 0 bridgehead atoms. The van der Waals surface area contributed by atoms with Crippen molar-refractivity contribution in [1.29, 1.82) is 0 Å². The van der Waals surface area contributed by atoms with Gasteiger partial charge in [0.2, 0.25) is 11.8 Å².